The Morgan fingerprint density at radius 1 is 1.06 bits per heavy atom. The molecule has 2 aliphatic heterocycles. The maximum absolute atomic E-state index is 13.1. The molecule has 0 aliphatic carbocycles. The van der Waals surface area contributed by atoms with E-state index in [2.05, 4.69) is 4.98 Å². The zero-order chi connectivity index (χ0) is 25.3. The molecule has 0 bridgehead atoms. The summed E-state index contributed by atoms with van der Waals surface area (Å²) in [5.41, 5.74) is 0.828. The highest BCUT2D eigenvalue weighted by molar-refractivity contribution is 7.91. The van der Waals surface area contributed by atoms with Crippen LogP contribution in [0, 0.1) is 5.41 Å². The van der Waals surface area contributed by atoms with Gasteiger partial charge < -0.3 is 0 Å². The van der Waals surface area contributed by atoms with Crippen LogP contribution < -0.4 is 4.90 Å². The van der Waals surface area contributed by atoms with Gasteiger partial charge >= 0.3 is 6.29 Å². The minimum atomic E-state index is -2.98. The number of hydrogen-bond donors (Lipinski definition) is 0. The van der Waals surface area contributed by atoms with Gasteiger partial charge in [-0.1, -0.05) is 25.1 Å². The molecule has 2 aliphatic rings. The van der Waals surface area contributed by atoms with Crippen molar-refractivity contribution >= 4 is 39.3 Å². The highest BCUT2D eigenvalue weighted by atomic mass is 32.2. The first-order chi connectivity index (χ1) is 15.8. The summed E-state index contributed by atoms with van der Waals surface area (Å²) in [6.07, 6.45) is -0.0368. The molecule has 10 heteroatoms. The van der Waals surface area contributed by atoms with Crippen molar-refractivity contribution in [3.8, 4) is 0 Å². The number of hydrogen-bond acceptors (Lipinski definition) is 6. The number of carbonyl (C=O) groups is 3. The number of amides is 1. The lowest BCUT2D eigenvalue weighted by molar-refractivity contribution is -0.121. The molecule has 0 saturated carbocycles. The van der Waals surface area contributed by atoms with Gasteiger partial charge in [-0.3, -0.25) is 14.5 Å². The van der Waals surface area contributed by atoms with Gasteiger partial charge in [0.1, 0.15) is 15.7 Å². The Balaban J connectivity index is 0.000000751. The highest BCUT2D eigenvalue weighted by Gasteiger charge is 2.46. The first-order valence-electron chi connectivity index (χ1n) is 10.7. The van der Waals surface area contributed by atoms with Crippen molar-refractivity contribution in [2.45, 2.75) is 45.4 Å². The number of sulfone groups is 1. The number of nitrogens with zero attached hydrogens (tertiary/aromatic N) is 2. The van der Waals surface area contributed by atoms with Crippen LogP contribution in [-0.4, -0.2) is 42.9 Å². The third-order valence-electron chi connectivity index (χ3n) is 6.45. The molecule has 7 nitrogen and oxygen atoms in total. The number of carbonyl (C=O) groups excluding carboxylic acids is 3. The first kappa shape index (κ1) is 25.6. The maximum Gasteiger partial charge on any atom is 0.483 e. The highest BCUT2D eigenvalue weighted by Crippen LogP contribution is 2.44. The van der Waals surface area contributed by atoms with Gasteiger partial charge in [0, 0.05) is 23.7 Å². The van der Waals surface area contributed by atoms with Crippen molar-refractivity contribution in [1.82, 2.24) is 4.98 Å². The van der Waals surface area contributed by atoms with Gasteiger partial charge in [-0.2, -0.15) is 0 Å². The molecule has 182 valence electrons. The van der Waals surface area contributed by atoms with Crippen molar-refractivity contribution in [1.29, 1.82) is 0 Å². The number of fused-ring (bicyclic) bond motifs is 1. The Hall–Kier alpha value is -3.01. The first-order valence-corrected chi connectivity index (χ1v) is 12.6. The Bertz CT molecular complexity index is 1210. The smallest absolute Gasteiger partial charge is 0.294 e. The Labute approximate surface area is 197 Å². The van der Waals surface area contributed by atoms with Gasteiger partial charge in [0.15, 0.2) is 5.78 Å². The van der Waals surface area contributed by atoms with Crippen LogP contribution >= 0.6 is 0 Å². The number of aromatic nitrogens is 1. The van der Waals surface area contributed by atoms with Gasteiger partial charge in [0.05, 0.1) is 22.6 Å². The summed E-state index contributed by atoms with van der Waals surface area (Å²) >= 11 is 0. The van der Waals surface area contributed by atoms with Crippen molar-refractivity contribution in [2.24, 2.45) is 5.41 Å². The summed E-state index contributed by atoms with van der Waals surface area (Å²) < 4.78 is 42.9. The number of ketones is 1. The maximum atomic E-state index is 13.1. The summed E-state index contributed by atoms with van der Waals surface area (Å²) in [4.78, 5) is 40.4. The molecule has 0 spiro atoms. The fourth-order valence-corrected chi connectivity index (χ4v) is 6.06. The van der Waals surface area contributed by atoms with E-state index in [4.69, 9.17) is 4.79 Å². The molecule has 0 N–H and O–H groups in total. The van der Waals surface area contributed by atoms with Crippen molar-refractivity contribution in [3.63, 3.8) is 0 Å². The van der Waals surface area contributed by atoms with E-state index in [1.807, 2.05) is 51.1 Å². The molecule has 0 atom stereocenters. The lowest BCUT2D eigenvalue weighted by atomic mass is 9.78. The molecule has 1 fully saturated rings. The van der Waals surface area contributed by atoms with E-state index in [0.29, 0.717) is 24.2 Å². The number of pyridine rings is 1. The monoisotopic (exact) mass is 492 g/mol. The van der Waals surface area contributed by atoms with Crippen LogP contribution in [0.3, 0.4) is 0 Å². The lowest BCUT2D eigenvalue weighted by Crippen LogP contribution is -2.33. The zero-order valence-corrected chi connectivity index (χ0v) is 20.0. The molecule has 1 amide bonds. The van der Waals surface area contributed by atoms with Crippen LogP contribution in [0.5, 0.6) is 0 Å². The van der Waals surface area contributed by atoms with E-state index in [-0.39, 0.29) is 35.0 Å². The minimum Gasteiger partial charge on any atom is -0.294 e. The number of Topliss-reactive ketones (excluding diaryl/α,β-unsaturated/α-hetero) is 1. The molecule has 2 aromatic rings. The fraction of sp³-hybridized carbons (Fsp3) is 0.417. The fourth-order valence-electron chi connectivity index (χ4n) is 4.25. The van der Waals surface area contributed by atoms with Crippen LogP contribution in [0.2, 0.25) is 0 Å². The van der Waals surface area contributed by atoms with E-state index < -0.39 is 21.5 Å². The number of para-hydroxylation sites is 1. The molecule has 0 radical (unpaired) electrons. The summed E-state index contributed by atoms with van der Waals surface area (Å²) in [7, 11) is -2.98. The average molecular weight is 493 g/mol. The van der Waals surface area contributed by atoms with Gasteiger partial charge in [-0.15, -0.1) is 8.78 Å². The number of rotatable bonds is 4. The second-order valence-corrected chi connectivity index (χ2v) is 11.8. The topological polar surface area (TPSA) is 101 Å². The Morgan fingerprint density at radius 3 is 2.18 bits per heavy atom. The molecule has 4 rings (SSSR count). The standard InChI is InChI=1S/C23H26N2O4S.CF2O/c1-22(2)18-13-16(19(26)14-23(3)9-11-30(28,29)12-10-23)15-24-20(18)25(21(22)27)17-7-5-4-6-8-17;2-1(3)4/h4-8,13,15H,9-12,14H2,1-3H3;. The van der Waals surface area contributed by atoms with E-state index in [1.54, 1.807) is 11.0 Å². The van der Waals surface area contributed by atoms with Crippen LogP contribution in [0.15, 0.2) is 42.6 Å². The Morgan fingerprint density at radius 2 is 1.62 bits per heavy atom. The van der Waals surface area contributed by atoms with E-state index in [1.165, 1.54) is 6.20 Å². The average Bonchev–Trinajstić information content (AvgIpc) is 2.96. The number of halogens is 2. The second kappa shape index (κ2) is 9.32. The summed E-state index contributed by atoms with van der Waals surface area (Å²) in [5.74, 6) is 0.681. The summed E-state index contributed by atoms with van der Waals surface area (Å²) in [6, 6.07) is 11.1. The van der Waals surface area contributed by atoms with E-state index >= 15 is 0 Å². The molecule has 34 heavy (non-hydrogen) atoms. The van der Waals surface area contributed by atoms with Crippen LogP contribution in [0.1, 0.15) is 56.0 Å². The molecular weight excluding hydrogens is 466 g/mol. The molecule has 0 unspecified atom stereocenters. The van der Waals surface area contributed by atoms with Gasteiger partial charge in [-0.25, -0.2) is 18.2 Å². The van der Waals surface area contributed by atoms with Crippen LogP contribution in [-0.2, 0) is 20.0 Å². The number of benzene rings is 1. The van der Waals surface area contributed by atoms with Crippen molar-refractivity contribution < 1.29 is 31.6 Å². The molecule has 3 heterocycles. The molecule has 1 aromatic carbocycles. The van der Waals surface area contributed by atoms with Crippen molar-refractivity contribution in [3.05, 3.63) is 53.7 Å². The van der Waals surface area contributed by atoms with Gasteiger partial charge in [-0.05, 0) is 50.3 Å². The summed E-state index contributed by atoms with van der Waals surface area (Å²) in [5, 5.41) is 0. The van der Waals surface area contributed by atoms with Crippen LogP contribution in [0.25, 0.3) is 0 Å². The van der Waals surface area contributed by atoms with Gasteiger partial charge in [0.2, 0.25) is 5.91 Å². The normalized spacial score (nSPS) is 19.6. The van der Waals surface area contributed by atoms with E-state index in [9.17, 15) is 26.8 Å². The molecule has 1 aromatic heterocycles. The summed E-state index contributed by atoms with van der Waals surface area (Å²) in [6.45, 7) is 5.67. The van der Waals surface area contributed by atoms with Crippen molar-refractivity contribution in [2.75, 3.05) is 16.4 Å². The quantitative estimate of drug-likeness (QED) is 0.446. The third-order valence-corrected chi connectivity index (χ3v) is 8.10. The predicted molar refractivity (Wildman–Crippen MR) is 123 cm³/mol. The Kier molecular flexibility index (Phi) is 7.02. The minimum absolute atomic E-state index is 0.0616. The lowest BCUT2D eigenvalue weighted by Gasteiger charge is -2.32. The number of anilines is 2. The largest absolute Gasteiger partial charge is 0.483 e. The zero-order valence-electron chi connectivity index (χ0n) is 19.2. The van der Waals surface area contributed by atoms with E-state index in [0.717, 1.165) is 11.3 Å². The predicted octanol–water partition coefficient (Wildman–Crippen LogP) is 4.87. The second-order valence-electron chi connectivity index (χ2n) is 9.48. The molecule has 1 saturated heterocycles. The van der Waals surface area contributed by atoms with Crippen LogP contribution in [0.4, 0.5) is 25.1 Å². The third kappa shape index (κ3) is 5.38. The SMILES string of the molecule is CC1(CC(=O)c2cnc3c(c2)C(C)(C)C(=O)N3c2ccccc2)CCS(=O)(=O)CC1.O=C(F)F. The van der Waals surface area contributed by atoms with Gasteiger partial charge in [0.25, 0.3) is 0 Å². The molecular formula is C24H26F2N2O5S.